The van der Waals surface area contributed by atoms with Crippen LogP contribution >= 0.6 is 0 Å². The summed E-state index contributed by atoms with van der Waals surface area (Å²) >= 11 is 0. The van der Waals surface area contributed by atoms with E-state index < -0.39 is 0 Å². The standard InChI is InChI=1S/C13H28N2/c1-9(2)11-5-7-12(8-6-11)13(15-14)10(3)4/h9-13,15H,5-8,14H2,1-4H3. The monoisotopic (exact) mass is 212 g/mol. The number of rotatable bonds is 4. The molecule has 1 unspecified atom stereocenters. The summed E-state index contributed by atoms with van der Waals surface area (Å²) in [7, 11) is 0. The molecule has 0 aliphatic heterocycles. The third kappa shape index (κ3) is 3.46. The minimum Gasteiger partial charge on any atom is -0.271 e. The molecule has 2 nitrogen and oxygen atoms in total. The Balaban J connectivity index is 2.42. The van der Waals surface area contributed by atoms with Crippen molar-refractivity contribution in [2.45, 2.75) is 59.4 Å². The molecule has 0 heterocycles. The van der Waals surface area contributed by atoms with Gasteiger partial charge < -0.3 is 0 Å². The lowest BCUT2D eigenvalue weighted by Gasteiger charge is -2.36. The van der Waals surface area contributed by atoms with Crippen molar-refractivity contribution in [1.82, 2.24) is 5.43 Å². The van der Waals surface area contributed by atoms with Crippen LogP contribution in [0.5, 0.6) is 0 Å². The lowest BCUT2D eigenvalue weighted by molar-refractivity contribution is 0.166. The molecule has 90 valence electrons. The highest BCUT2D eigenvalue weighted by Gasteiger charge is 2.29. The summed E-state index contributed by atoms with van der Waals surface area (Å²) < 4.78 is 0. The van der Waals surface area contributed by atoms with E-state index in [-0.39, 0.29) is 0 Å². The van der Waals surface area contributed by atoms with Gasteiger partial charge in [0, 0.05) is 6.04 Å². The second-order valence-electron chi connectivity index (χ2n) is 5.86. The van der Waals surface area contributed by atoms with Gasteiger partial charge >= 0.3 is 0 Å². The van der Waals surface area contributed by atoms with Crippen LogP contribution in [0.1, 0.15) is 53.4 Å². The lowest BCUT2D eigenvalue weighted by Crippen LogP contribution is -2.45. The normalized spacial score (nSPS) is 29.8. The molecule has 2 heteroatoms. The summed E-state index contributed by atoms with van der Waals surface area (Å²) in [6.07, 6.45) is 5.51. The molecule has 1 atom stereocenters. The van der Waals surface area contributed by atoms with Crippen LogP contribution in [0.4, 0.5) is 0 Å². The van der Waals surface area contributed by atoms with Crippen LogP contribution in [0.25, 0.3) is 0 Å². The first kappa shape index (κ1) is 13.0. The molecule has 0 spiro atoms. The molecule has 0 aromatic rings. The molecule has 1 aliphatic carbocycles. The minimum atomic E-state index is 0.512. The van der Waals surface area contributed by atoms with Gasteiger partial charge in [-0.15, -0.1) is 0 Å². The van der Waals surface area contributed by atoms with E-state index in [0.717, 1.165) is 17.8 Å². The molecule has 0 amide bonds. The van der Waals surface area contributed by atoms with E-state index in [4.69, 9.17) is 5.84 Å². The molecule has 0 saturated heterocycles. The van der Waals surface area contributed by atoms with Crippen molar-refractivity contribution < 1.29 is 0 Å². The Labute approximate surface area is 95.0 Å². The highest BCUT2D eigenvalue weighted by Crippen LogP contribution is 2.35. The average molecular weight is 212 g/mol. The first-order chi connectivity index (χ1) is 7.06. The number of hydrogen-bond donors (Lipinski definition) is 2. The van der Waals surface area contributed by atoms with Gasteiger partial charge in [-0.3, -0.25) is 11.3 Å². The zero-order valence-corrected chi connectivity index (χ0v) is 10.8. The Morgan fingerprint density at radius 1 is 0.933 bits per heavy atom. The lowest BCUT2D eigenvalue weighted by atomic mass is 9.73. The fraction of sp³-hybridized carbons (Fsp3) is 1.00. The van der Waals surface area contributed by atoms with Gasteiger partial charge in [-0.25, -0.2) is 0 Å². The van der Waals surface area contributed by atoms with Crippen LogP contribution < -0.4 is 11.3 Å². The summed E-state index contributed by atoms with van der Waals surface area (Å²) in [4.78, 5) is 0. The number of hydrogen-bond acceptors (Lipinski definition) is 2. The Morgan fingerprint density at radius 3 is 1.73 bits per heavy atom. The summed E-state index contributed by atoms with van der Waals surface area (Å²) in [6, 6.07) is 0.512. The molecule has 1 fully saturated rings. The predicted molar refractivity (Wildman–Crippen MR) is 66.2 cm³/mol. The Bertz CT molecular complexity index is 169. The maximum absolute atomic E-state index is 5.65. The van der Waals surface area contributed by atoms with Crippen LogP contribution in [0.15, 0.2) is 0 Å². The van der Waals surface area contributed by atoms with E-state index in [9.17, 15) is 0 Å². The van der Waals surface area contributed by atoms with Gasteiger partial charge in [0.2, 0.25) is 0 Å². The van der Waals surface area contributed by atoms with Crippen LogP contribution in [0, 0.1) is 23.7 Å². The molecule has 0 aromatic heterocycles. The minimum absolute atomic E-state index is 0.512. The average Bonchev–Trinajstić information content (AvgIpc) is 2.19. The smallest absolute Gasteiger partial charge is 0.0261 e. The van der Waals surface area contributed by atoms with E-state index in [2.05, 4.69) is 33.1 Å². The topological polar surface area (TPSA) is 38.0 Å². The highest BCUT2D eigenvalue weighted by atomic mass is 15.2. The van der Waals surface area contributed by atoms with Crippen molar-refractivity contribution in [2.75, 3.05) is 0 Å². The SMILES string of the molecule is CC(C)C1CCC(C(NN)C(C)C)CC1. The summed E-state index contributed by atoms with van der Waals surface area (Å²) in [5, 5.41) is 0. The van der Waals surface area contributed by atoms with Crippen molar-refractivity contribution in [3.63, 3.8) is 0 Å². The molecule has 0 bridgehead atoms. The number of hydrazine groups is 1. The Kier molecular flexibility index (Phi) is 5.07. The zero-order chi connectivity index (χ0) is 11.4. The van der Waals surface area contributed by atoms with Gasteiger partial charge in [-0.1, -0.05) is 27.7 Å². The van der Waals surface area contributed by atoms with E-state index in [1.165, 1.54) is 25.7 Å². The maximum Gasteiger partial charge on any atom is 0.0261 e. The summed E-state index contributed by atoms with van der Waals surface area (Å²) in [6.45, 7) is 9.23. The summed E-state index contributed by atoms with van der Waals surface area (Å²) in [5.41, 5.74) is 3.02. The molecule has 1 aliphatic rings. The maximum atomic E-state index is 5.65. The molecule has 15 heavy (non-hydrogen) atoms. The zero-order valence-electron chi connectivity index (χ0n) is 10.8. The molecule has 1 rings (SSSR count). The van der Waals surface area contributed by atoms with Gasteiger partial charge in [0.25, 0.3) is 0 Å². The van der Waals surface area contributed by atoms with Gasteiger partial charge in [-0.05, 0) is 49.4 Å². The highest BCUT2D eigenvalue weighted by molar-refractivity contribution is 4.83. The van der Waals surface area contributed by atoms with Crippen LogP contribution in [-0.2, 0) is 0 Å². The fourth-order valence-electron chi connectivity index (χ4n) is 3.04. The van der Waals surface area contributed by atoms with Gasteiger partial charge in [-0.2, -0.15) is 0 Å². The molecule has 1 saturated carbocycles. The summed E-state index contributed by atoms with van der Waals surface area (Å²) in [5.74, 6) is 8.90. The van der Waals surface area contributed by atoms with Crippen molar-refractivity contribution >= 4 is 0 Å². The Morgan fingerprint density at radius 2 is 1.40 bits per heavy atom. The molecule has 3 N–H and O–H groups in total. The van der Waals surface area contributed by atoms with Crippen LogP contribution in [0.3, 0.4) is 0 Å². The predicted octanol–water partition coefficient (Wildman–Crippen LogP) is 2.94. The quantitative estimate of drug-likeness (QED) is 0.555. The number of nitrogens with one attached hydrogen (secondary N) is 1. The van der Waals surface area contributed by atoms with E-state index in [1.54, 1.807) is 0 Å². The Hall–Kier alpha value is -0.0800. The van der Waals surface area contributed by atoms with Gasteiger partial charge in [0.1, 0.15) is 0 Å². The fourth-order valence-corrected chi connectivity index (χ4v) is 3.04. The second-order valence-corrected chi connectivity index (χ2v) is 5.86. The van der Waals surface area contributed by atoms with Crippen molar-refractivity contribution in [1.29, 1.82) is 0 Å². The van der Waals surface area contributed by atoms with Crippen LogP contribution in [-0.4, -0.2) is 6.04 Å². The van der Waals surface area contributed by atoms with E-state index in [0.29, 0.717) is 12.0 Å². The third-order valence-electron chi connectivity index (χ3n) is 4.18. The third-order valence-corrected chi connectivity index (χ3v) is 4.18. The van der Waals surface area contributed by atoms with Crippen LogP contribution in [0.2, 0.25) is 0 Å². The number of nitrogens with two attached hydrogens (primary N) is 1. The molecular formula is C13H28N2. The first-order valence-corrected chi connectivity index (χ1v) is 6.52. The van der Waals surface area contributed by atoms with E-state index >= 15 is 0 Å². The largest absolute Gasteiger partial charge is 0.271 e. The van der Waals surface area contributed by atoms with Crippen molar-refractivity contribution in [2.24, 2.45) is 29.5 Å². The molecular weight excluding hydrogens is 184 g/mol. The van der Waals surface area contributed by atoms with E-state index in [1.807, 2.05) is 0 Å². The first-order valence-electron chi connectivity index (χ1n) is 6.52. The van der Waals surface area contributed by atoms with Crippen molar-refractivity contribution in [3.8, 4) is 0 Å². The van der Waals surface area contributed by atoms with Gasteiger partial charge in [0.15, 0.2) is 0 Å². The van der Waals surface area contributed by atoms with Gasteiger partial charge in [0.05, 0.1) is 0 Å². The molecule has 0 radical (unpaired) electrons. The van der Waals surface area contributed by atoms with Crippen molar-refractivity contribution in [3.05, 3.63) is 0 Å². The molecule has 0 aromatic carbocycles. The second kappa shape index (κ2) is 5.86.